The van der Waals surface area contributed by atoms with Crippen molar-refractivity contribution in [3.05, 3.63) is 35.7 Å². The van der Waals surface area contributed by atoms with Crippen LogP contribution in [-0.2, 0) is 12.0 Å². The van der Waals surface area contributed by atoms with E-state index in [1.165, 1.54) is 5.56 Å². The largest absolute Gasteiger partial charge is 0.334 e. The lowest BCUT2D eigenvalue weighted by atomic mass is 9.98. The van der Waals surface area contributed by atoms with Crippen LogP contribution in [0.15, 0.2) is 28.8 Å². The van der Waals surface area contributed by atoms with Crippen LogP contribution in [0.4, 0.5) is 0 Å². The zero-order chi connectivity index (χ0) is 14.0. The van der Waals surface area contributed by atoms with Crippen molar-refractivity contribution in [2.45, 2.75) is 51.0 Å². The molecule has 4 nitrogen and oxygen atoms in total. The number of rotatable bonds is 4. The molecule has 2 aromatic rings. The number of hydrogen-bond acceptors (Lipinski definition) is 4. The van der Waals surface area contributed by atoms with Gasteiger partial charge in [0.05, 0.1) is 5.54 Å². The molecule has 0 bridgehead atoms. The Balaban J connectivity index is 1.82. The van der Waals surface area contributed by atoms with E-state index in [0.29, 0.717) is 11.7 Å². The van der Waals surface area contributed by atoms with E-state index in [9.17, 15) is 0 Å². The number of hydrogen-bond donors (Lipinski definition) is 1. The Morgan fingerprint density at radius 1 is 1.20 bits per heavy atom. The summed E-state index contributed by atoms with van der Waals surface area (Å²) in [4.78, 5) is 4.51. The second-order valence-electron chi connectivity index (χ2n) is 5.73. The molecule has 1 fully saturated rings. The molecule has 0 aliphatic heterocycles. The fourth-order valence-corrected chi connectivity index (χ4v) is 2.88. The molecular formula is C16H21N3O. The molecule has 1 heterocycles. The molecule has 1 aromatic heterocycles. The van der Waals surface area contributed by atoms with Crippen molar-refractivity contribution in [1.29, 1.82) is 0 Å². The van der Waals surface area contributed by atoms with Crippen LogP contribution in [0.25, 0.3) is 11.5 Å². The molecule has 0 unspecified atom stereocenters. The summed E-state index contributed by atoms with van der Waals surface area (Å²) < 4.78 is 5.39. The highest BCUT2D eigenvalue weighted by Crippen LogP contribution is 2.35. The molecule has 20 heavy (non-hydrogen) atoms. The lowest BCUT2D eigenvalue weighted by molar-refractivity contribution is 0.372. The summed E-state index contributed by atoms with van der Waals surface area (Å²) in [6, 6.07) is 8.33. The SMILES string of the molecule is CCCc1ccc(-c2nc(C3(N)CCCC3)no2)cc1. The van der Waals surface area contributed by atoms with Gasteiger partial charge in [-0.1, -0.05) is 43.5 Å². The number of nitrogens with two attached hydrogens (primary N) is 1. The number of nitrogens with zero attached hydrogens (tertiary/aromatic N) is 2. The monoisotopic (exact) mass is 271 g/mol. The zero-order valence-corrected chi connectivity index (χ0v) is 11.9. The second kappa shape index (κ2) is 5.37. The van der Waals surface area contributed by atoms with Gasteiger partial charge in [0.2, 0.25) is 0 Å². The average Bonchev–Trinajstić information content (AvgIpc) is 3.10. The van der Waals surface area contributed by atoms with Crippen molar-refractivity contribution < 1.29 is 4.52 Å². The molecule has 1 aromatic carbocycles. The third-order valence-corrected chi connectivity index (χ3v) is 4.11. The van der Waals surface area contributed by atoms with E-state index in [4.69, 9.17) is 10.3 Å². The van der Waals surface area contributed by atoms with Crippen molar-refractivity contribution >= 4 is 0 Å². The van der Waals surface area contributed by atoms with Gasteiger partial charge < -0.3 is 10.3 Å². The van der Waals surface area contributed by atoms with E-state index in [1.54, 1.807) is 0 Å². The van der Waals surface area contributed by atoms with Crippen LogP contribution in [0.3, 0.4) is 0 Å². The summed E-state index contributed by atoms with van der Waals surface area (Å²) in [5.41, 5.74) is 8.26. The molecule has 0 saturated heterocycles. The third-order valence-electron chi connectivity index (χ3n) is 4.11. The Labute approximate surface area is 119 Å². The normalized spacial score (nSPS) is 17.5. The highest BCUT2D eigenvalue weighted by atomic mass is 16.5. The van der Waals surface area contributed by atoms with Crippen LogP contribution in [-0.4, -0.2) is 10.1 Å². The van der Waals surface area contributed by atoms with Gasteiger partial charge in [0.15, 0.2) is 5.82 Å². The summed E-state index contributed by atoms with van der Waals surface area (Å²) in [5, 5.41) is 4.09. The molecule has 0 spiro atoms. The first-order chi connectivity index (χ1) is 9.71. The molecule has 2 N–H and O–H groups in total. The van der Waals surface area contributed by atoms with Gasteiger partial charge in [0.25, 0.3) is 5.89 Å². The standard InChI is InChI=1S/C16H21N3O/c1-2-5-12-6-8-13(9-7-12)14-18-15(19-20-14)16(17)10-3-4-11-16/h6-9H,2-5,10-11,17H2,1H3. The van der Waals surface area contributed by atoms with Crippen LogP contribution < -0.4 is 5.73 Å². The molecule has 1 saturated carbocycles. The number of aryl methyl sites for hydroxylation is 1. The zero-order valence-electron chi connectivity index (χ0n) is 11.9. The van der Waals surface area contributed by atoms with E-state index < -0.39 is 0 Å². The molecule has 0 radical (unpaired) electrons. The van der Waals surface area contributed by atoms with Crippen molar-refractivity contribution in [3.8, 4) is 11.5 Å². The molecule has 0 atom stereocenters. The molecular weight excluding hydrogens is 250 g/mol. The van der Waals surface area contributed by atoms with Gasteiger partial charge in [0, 0.05) is 5.56 Å². The maximum atomic E-state index is 6.35. The van der Waals surface area contributed by atoms with Crippen LogP contribution >= 0.6 is 0 Å². The minimum absolute atomic E-state index is 0.385. The van der Waals surface area contributed by atoms with Crippen LogP contribution in [0.1, 0.15) is 50.4 Å². The van der Waals surface area contributed by atoms with Gasteiger partial charge in [-0.25, -0.2) is 0 Å². The highest BCUT2D eigenvalue weighted by Gasteiger charge is 2.36. The first kappa shape index (κ1) is 13.3. The van der Waals surface area contributed by atoms with Gasteiger partial charge in [-0.2, -0.15) is 4.98 Å². The van der Waals surface area contributed by atoms with E-state index in [-0.39, 0.29) is 5.54 Å². The van der Waals surface area contributed by atoms with Crippen LogP contribution in [0.2, 0.25) is 0 Å². The summed E-state index contributed by atoms with van der Waals surface area (Å²) >= 11 is 0. The second-order valence-corrected chi connectivity index (χ2v) is 5.73. The first-order valence-corrected chi connectivity index (χ1v) is 7.44. The molecule has 1 aliphatic carbocycles. The van der Waals surface area contributed by atoms with E-state index in [0.717, 1.165) is 44.1 Å². The van der Waals surface area contributed by atoms with Crippen molar-refractivity contribution in [2.75, 3.05) is 0 Å². The van der Waals surface area contributed by atoms with Gasteiger partial charge in [-0.15, -0.1) is 0 Å². The maximum absolute atomic E-state index is 6.35. The summed E-state index contributed by atoms with van der Waals surface area (Å²) in [6.07, 6.45) is 6.43. The van der Waals surface area contributed by atoms with Crippen LogP contribution in [0, 0.1) is 0 Å². The van der Waals surface area contributed by atoms with Crippen molar-refractivity contribution in [1.82, 2.24) is 10.1 Å². The van der Waals surface area contributed by atoms with Crippen molar-refractivity contribution in [2.24, 2.45) is 5.73 Å². The highest BCUT2D eigenvalue weighted by molar-refractivity contribution is 5.53. The van der Waals surface area contributed by atoms with Gasteiger partial charge in [-0.05, 0) is 37.0 Å². The Morgan fingerprint density at radius 3 is 2.55 bits per heavy atom. The van der Waals surface area contributed by atoms with Gasteiger partial charge >= 0.3 is 0 Å². The Morgan fingerprint density at radius 2 is 1.90 bits per heavy atom. The fourth-order valence-electron chi connectivity index (χ4n) is 2.88. The molecule has 3 rings (SSSR count). The van der Waals surface area contributed by atoms with E-state index >= 15 is 0 Å². The molecule has 0 amide bonds. The topological polar surface area (TPSA) is 64.9 Å². The van der Waals surface area contributed by atoms with Crippen LogP contribution in [0.5, 0.6) is 0 Å². The smallest absolute Gasteiger partial charge is 0.257 e. The average molecular weight is 271 g/mol. The van der Waals surface area contributed by atoms with E-state index in [2.05, 4.69) is 29.2 Å². The summed E-state index contributed by atoms with van der Waals surface area (Å²) in [6.45, 7) is 2.18. The third kappa shape index (κ3) is 2.48. The lowest BCUT2D eigenvalue weighted by Crippen LogP contribution is -2.34. The van der Waals surface area contributed by atoms with E-state index in [1.807, 2.05) is 12.1 Å². The minimum atomic E-state index is -0.385. The molecule has 1 aliphatic rings. The predicted molar refractivity (Wildman–Crippen MR) is 78.1 cm³/mol. The van der Waals surface area contributed by atoms with Gasteiger partial charge in [-0.3, -0.25) is 0 Å². The first-order valence-electron chi connectivity index (χ1n) is 7.44. The maximum Gasteiger partial charge on any atom is 0.257 e. The minimum Gasteiger partial charge on any atom is -0.334 e. The summed E-state index contributed by atoms with van der Waals surface area (Å²) in [5.74, 6) is 1.22. The Bertz CT molecular complexity index is 568. The van der Waals surface area contributed by atoms with Gasteiger partial charge in [0.1, 0.15) is 0 Å². The predicted octanol–water partition coefficient (Wildman–Crippen LogP) is 3.42. The lowest BCUT2D eigenvalue weighted by Gasteiger charge is -2.17. The number of aromatic nitrogens is 2. The Hall–Kier alpha value is -1.68. The molecule has 106 valence electrons. The van der Waals surface area contributed by atoms with Crippen molar-refractivity contribution in [3.63, 3.8) is 0 Å². The number of benzene rings is 1. The molecule has 4 heteroatoms. The Kier molecular flexibility index (Phi) is 3.57. The quantitative estimate of drug-likeness (QED) is 0.925. The summed E-state index contributed by atoms with van der Waals surface area (Å²) in [7, 11) is 0. The fraction of sp³-hybridized carbons (Fsp3) is 0.500.